The number of hydrogen-bond donors (Lipinski definition) is 1. The van der Waals surface area contributed by atoms with Crippen LogP contribution in [0.5, 0.6) is 0 Å². The number of aromatic nitrogens is 2. The van der Waals surface area contributed by atoms with Gasteiger partial charge in [0.15, 0.2) is 0 Å². The summed E-state index contributed by atoms with van der Waals surface area (Å²) >= 11 is 1.40. The monoisotopic (exact) mass is 257 g/mol. The van der Waals surface area contributed by atoms with Gasteiger partial charge in [0.1, 0.15) is 11.2 Å². The van der Waals surface area contributed by atoms with Crippen LogP contribution in [0.15, 0.2) is 35.9 Å². The molecule has 0 saturated heterocycles. The Morgan fingerprint density at radius 1 is 1.44 bits per heavy atom. The lowest BCUT2D eigenvalue weighted by Crippen LogP contribution is -1.83. The Labute approximate surface area is 109 Å². The van der Waals surface area contributed by atoms with Crippen molar-refractivity contribution >= 4 is 17.6 Å². The minimum absolute atomic E-state index is 0.647. The van der Waals surface area contributed by atoms with Crippen LogP contribution in [0.2, 0.25) is 0 Å². The summed E-state index contributed by atoms with van der Waals surface area (Å²) in [6, 6.07) is 3.96. The SMILES string of the molecule is O/N=C/c1ncc(C#CCCc2cccnc2)s1. The zero-order valence-electron chi connectivity index (χ0n) is 9.58. The summed E-state index contributed by atoms with van der Waals surface area (Å²) in [5.74, 6) is 6.13. The Morgan fingerprint density at radius 3 is 3.17 bits per heavy atom. The summed E-state index contributed by atoms with van der Waals surface area (Å²) in [5, 5.41) is 11.9. The zero-order chi connectivity index (χ0) is 12.6. The maximum atomic E-state index is 8.36. The fraction of sp³-hybridized carbons (Fsp3) is 0.154. The Balaban J connectivity index is 1.88. The molecule has 0 atom stereocenters. The molecule has 2 heterocycles. The second-order valence-electron chi connectivity index (χ2n) is 3.47. The summed E-state index contributed by atoms with van der Waals surface area (Å²) in [6.07, 6.45) is 8.27. The van der Waals surface area contributed by atoms with Gasteiger partial charge in [-0.2, -0.15) is 0 Å². The topological polar surface area (TPSA) is 58.4 Å². The van der Waals surface area contributed by atoms with E-state index in [2.05, 4.69) is 27.0 Å². The van der Waals surface area contributed by atoms with E-state index in [1.807, 2.05) is 18.3 Å². The van der Waals surface area contributed by atoms with Gasteiger partial charge in [-0.1, -0.05) is 23.1 Å². The summed E-state index contributed by atoms with van der Waals surface area (Å²) in [4.78, 5) is 8.96. The Morgan fingerprint density at radius 2 is 2.39 bits per heavy atom. The van der Waals surface area contributed by atoms with E-state index in [9.17, 15) is 0 Å². The van der Waals surface area contributed by atoms with Crippen molar-refractivity contribution < 1.29 is 5.21 Å². The van der Waals surface area contributed by atoms with Crippen LogP contribution in [-0.2, 0) is 6.42 Å². The van der Waals surface area contributed by atoms with Gasteiger partial charge < -0.3 is 5.21 Å². The van der Waals surface area contributed by atoms with E-state index in [4.69, 9.17) is 5.21 Å². The lowest BCUT2D eigenvalue weighted by atomic mass is 10.2. The number of thiazole rings is 1. The second-order valence-corrected chi connectivity index (χ2v) is 4.53. The molecule has 2 rings (SSSR count). The van der Waals surface area contributed by atoms with Gasteiger partial charge in [0.05, 0.1) is 11.1 Å². The van der Waals surface area contributed by atoms with Crippen molar-refractivity contribution in [2.75, 3.05) is 0 Å². The molecular weight excluding hydrogens is 246 g/mol. The quantitative estimate of drug-likeness (QED) is 0.397. The number of aryl methyl sites for hydroxylation is 1. The second kappa shape index (κ2) is 6.52. The van der Waals surface area contributed by atoms with E-state index in [-0.39, 0.29) is 0 Å². The Kier molecular flexibility index (Phi) is 4.45. The van der Waals surface area contributed by atoms with Gasteiger partial charge in [0.2, 0.25) is 0 Å². The van der Waals surface area contributed by atoms with Gasteiger partial charge in [-0.25, -0.2) is 4.98 Å². The van der Waals surface area contributed by atoms with Crippen molar-refractivity contribution in [3.8, 4) is 11.8 Å². The molecule has 4 nitrogen and oxygen atoms in total. The molecule has 2 aromatic heterocycles. The van der Waals surface area contributed by atoms with E-state index < -0.39 is 0 Å². The van der Waals surface area contributed by atoms with E-state index in [1.54, 1.807) is 12.4 Å². The highest BCUT2D eigenvalue weighted by Crippen LogP contribution is 2.09. The maximum absolute atomic E-state index is 8.36. The fourth-order valence-electron chi connectivity index (χ4n) is 1.36. The van der Waals surface area contributed by atoms with E-state index in [0.29, 0.717) is 5.01 Å². The minimum atomic E-state index is 0.647. The summed E-state index contributed by atoms with van der Waals surface area (Å²) < 4.78 is 0. The molecule has 0 aliphatic carbocycles. The third-order valence-corrected chi connectivity index (χ3v) is 3.01. The van der Waals surface area contributed by atoms with Crippen molar-refractivity contribution in [1.82, 2.24) is 9.97 Å². The van der Waals surface area contributed by atoms with Gasteiger partial charge in [-0.05, 0) is 18.1 Å². The number of nitrogens with zero attached hydrogens (tertiary/aromatic N) is 3. The third kappa shape index (κ3) is 3.68. The van der Waals surface area contributed by atoms with Crippen LogP contribution in [0.3, 0.4) is 0 Å². The average Bonchev–Trinajstić information content (AvgIpc) is 2.84. The highest BCUT2D eigenvalue weighted by atomic mass is 32.1. The van der Waals surface area contributed by atoms with Crippen molar-refractivity contribution in [2.24, 2.45) is 5.16 Å². The Bertz CT molecular complexity index is 581. The van der Waals surface area contributed by atoms with E-state index >= 15 is 0 Å². The molecule has 0 saturated carbocycles. The largest absolute Gasteiger partial charge is 0.411 e. The summed E-state index contributed by atoms with van der Waals surface area (Å²) in [6.45, 7) is 0. The predicted molar refractivity (Wildman–Crippen MR) is 70.9 cm³/mol. The summed E-state index contributed by atoms with van der Waals surface area (Å²) in [7, 11) is 0. The molecule has 2 aromatic rings. The molecule has 0 aliphatic heterocycles. The predicted octanol–water partition coefficient (Wildman–Crippen LogP) is 2.33. The van der Waals surface area contributed by atoms with Crippen LogP contribution in [0, 0.1) is 11.8 Å². The third-order valence-electron chi connectivity index (χ3n) is 2.16. The zero-order valence-corrected chi connectivity index (χ0v) is 10.4. The minimum Gasteiger partial charge on any atom is -0.411 e. The first kappa shape index (κ1) is 12.3. The van der Waals surface area contributed by atoms with Crippen LogP contribution >= 0.6 is 11.3 Å². The van der Waals surface area contributed by atoms with Crippen molar-refractivity contribution in [1.29, 1.82) is 0 Å². The molecule has 0 spiro atoms. The summed E-state index contributed by atoms with van der Waals surface area (Å²) in [5.41, 5.74) is 1.18. The molecule has 5 heteroatoms. The fourth-order valence-corrected chi connectivity index (χ4v) is 2.02. The number of pyridine rings is 1. The van der Waals surface area contributed by atoms with Gasteiger partial charge in [-0.15, -0.1) is 11.3 Å². The molecule has 0 amide bonds. The highest BCUT2D eigenvalue weighted by Gasteiger charge is 1.95. The molecule has 1 N–H and O–H groups in total. The molecule has 0 aromatic carbocycles. The molecule has 0 radical (unpaired) electrons. The van der Waals surface area contributed by atoms with Crippen molar-refractivity contribution in [3.05, 3.63) is 46.2 Å². The van der Waals surface area contributed by atoms with Crippen LogP contribution in [0.25, 0.3) is 0 Å². The lowest BCUT2D eigenvalue weighted by Gasteiger charge is -1.93. The average molecular weight is 257 g/mol. The lowest BCUT2D eigenvalue weighted by molar-refractivity contribution is 0.322. The number of rotatable bonds is 3. The van der Waals surface area contributed by atoms with E-state index in [1.165, 1.54) is 23.1 Å². The standard InChI is InChI=1S/C13H11N3OS/c17-16-10-13-15-9-12(18-13)6-2-1-4-11-5-3-7-14-8-11/h3,5,7-10,17H,1,4H2/b16-10+. The van der Waals surface area contributed by atoms with Crippen LogP contribution in [0.4, 0.5) is 0 Å². The van der Waals surface area contributed by atoms with Crippen LogP contribution < -0.4 is 0 Å². The molecule has 18 heavy (non-hydrogen) atoms. The maximum Gasteiger partial charge on any atom is 0.138 e. The molecule has 0 fully saturated rings. The first-order valence-electron chi connectivity index (χ1n) is 5.39. The van der Waals surface area contributed by atoms with Gasteiger partial charge in [0.25, 0.3) is 0 Å². The molecule has 0 unspecified atom stereocenters. The molecule has 0 bridgehead atoms. The number of oxime groups is 1. The van der Waals surface area contributed by atoms with Crippen molar-refractivity contribution in [2.45, 2.75) is 12.8 Å². The van der Waals surface area contributed by atoms with Crippen LogP contribution in [-0.4, -0.2) is 21.4 Å². The molecular formula is C13H11N3OS. The normalized spacial score (nSPS) is 10.2. The number of hydrogen-bond acceptors (Lipinski definition) is 5. The van der Waals surface area contributed by atoms with Gasteiger partial charge >= 0.3 is 0 Å². The molecule has 90 valence electrons. The van der Waals surface area contributed by atoms with E-state index in [0.717, 1.165) is 17.7 Å². The van der Waals surface area contributed by atoms with Gasteiger partial charge in [0, 0.05) is 18.8 Å². The first-order chi connectivity index (χ1) is 8.88. The van der Waals surface area contributed by atoms with Crippen LogP contribution in [0.1, 0.15) is 21.9 Å². The van der Waals surface area contributed by atoms with Crippen molar-refractivity contribution in [3.63, 3.8) is 0 Å². The van der Waals surface area contributed by atoms with Gasteiger partial charge in [-0.3, -0.25) is 4.98 Å². The molecule has 0 aliphatic rings. The highest BCUT2D eigenvalue weighted by molar-refractivity contribution is 7.13. The smallest absolute Gasteiger partial charge is 0.138 e. The first-order valence-corrected chi connectivity index (χ1v) is 6.21. The Hall–Kier alpha value is -2.19.